The molecule has 0 spiro atoms. The van der Waals surface area contributed by atoms with Crippen LogP contribution in [0.25, 0.3) is 0 Å². The standard InChI is InChI=1S/C15H21NO3S/c1-4-15(2,14(18)19)10-16-13(17)12-7-5-11(6-8-12)9-20-3/h5-8H,4,9-10H2,1-3H3,(H,16,17)(H,18,19). The molecule has 2 N–H and O–H groups in total. The van der Waals surface area contributed by atoms with Crippen molar-refractivity contribution in [1.29, 1.82) is 0 Å². The molecule has 1 unspecified atom stereocenters. The summed E-state index contributed by atoms with van der Waals surface area (Å²) in [4.78, 5) is 23.2. The third-order valence-corrected chi connectivity index (χ3v) is 4.08. The fourth-order valence-corrected chi connectivity index (χ4v) is 2.17. The first-order chi connectivity index (χ1) is 9.42. The van der Waals surface area contributed by atoms with Crippen LogP contribution >= 0.6 is 11.8 Å². The van der Waals surface area contributed by atoms with Gasteiger partial charge in [-0.2, -0.15) is 11.8 Å². The number of amides is 1. The zero-order valence-electron chi connectivity index (χ0n) is 12.1. The highest BCUT2D eigenvalue weighted by Crippen LogP contribution is 2.20. The summed E-state index contributed by atoms with van der Waals surface area (Å²) < 4.78 is 0. The summed E-state index contributed by atoms with van der Waals surface area (Å²) in [7, 11) is 0. The molecule has 0 saturated heterocycles. The lowest BCUT2D eigenvalue weighted by Gasteiger charge is -2.23. The zero-order chi connectivity index (χ0) is 15.2. The van der Waals surface area contributed by atoms with Gasteiger partial charge in [-0.15, -0.1) is 0 Å². The normalized spacial score (nSPS) is 13.6. The lowest BCUT2D eigenvalue weighted by Crippen LogP contribution is -2.40. The van der Waals surface area contributed by atoms with Crippen molar-refractivity contribution >= 4 is 23.6 Å². The molecule has 20 heavy (non-hydrogen) atoms. The van der Waals surface area contributed by atoms with Crippen molar-refractivity contribution in [2.45, 2.75) is 26.0 Å². The largest absolute Gasteiger partial charge is 0.481 e. The smallest absolute Gasteiger partial charge is 0.311 e. The summed E-state index contributed by atoms with van der Waals surface area (Å²) in [5, 5.41) is 11.9. The van der Waals surface area contributed by atoms with Crippen LogP contribution in [0.5, 0.6) is 0 Å². The molecule has 4 nitrogen and oxygen atoms in total. The molecule has 0 aliphatic carbocycles. The van der Waals surface area contributed by atoms with E-state index in [1.54, 1.807) is 37.7 Å². The number of carbonyl (C=O) groups excluding carboxylic acids is 1. The monoisotopic (exact) mass is 295 g/mol. The maximum atomic E-state index is 12.0. The van der Waals surface area contributed by atoms with Gasteiger partial charge >= 0.3 is 5.97 Å². The summed E-state index contributed by atoms with van der Waals surface area (Å²) >= 11 is 1.72. The molecule has 0 aromatic heterocycles. The highest BCUT2D eigenvalue weighted by atomic mass is 32.2. The van der Waals surface area contributed by atoms with E-state index in [-0.39, 0.29) is 12.5 Å². The number of hydrogen-bond donors (Lipinski definition) is 2. The molecule has 1 rings (SSSR count). The maximum absolute atomic E-state index is 12.0. The van der Waals surface area contributed by atoms with E-state index in [0.29, 0.717) is 12.0 Å². The van der Waals surface area contributed by atoms with Gasteiger partial charge in [0, 0.05) is 17.9 Å². The Labute approximate surface area is 124 Å². The highest BCUT2D eigenvalue weighted by Gasteiger charge is 2.31. The maximum Gasteiger partial charge on any atom is 0.311 e. The minimum absolute atomic E-state index is 0.129. The Kier molecular flexibility index (Phi) is 6.07. The third kappa shape index (κ3) is 4.27. The Morgan fingerprint density at radius 3 is 2.35 bits per heavy atom. The van der Waals surface area contributed by atoms with Gasteiger partial charge in [-0.25, -0.2) is 0 Å². The SMILES string of the molecule is CCC(C)(CNC(=O)c1ccc(CSC)cc1)C(=O)O. The van der Waals surface area contributed by atoms with Crippen molar-refractivity contribution in [2.75, 3.05) is 12.8 Å². The summed E-state index contributed by atoms with van der Waals surface area (Å²) in [5.41, 5.74) is 0.797. The molecule has 5 heteroatoms. The number of benzene rings is 1. The highest BCUT2D eigenvalue weighted by molar-refractivity contribution is 7.97. The van der Waals surface area contributed by atoms with Crippen molar-refractivity contribution < 1.29 is 14.7 Å². The number of rotatable bonds is 7. The molecule has 0 fully saturated rings. The van der Waals surface area contributed by atoms with Crippen LogP contribution < -0.4 is 5.32 Å². The summed E-state index contributed by atoms with van der Waals surface area (Å²) in [6.45, 7) is 3.57. The minimum Gasteiger partial charge on any atom is -0.481 e. The van der Waals surface area contributed by atoms with E-state index in [4.69, 9.17) is 5.11 Å². The Balaban J connectivity index is 2.65. The first kappa shape index (κ1) is 16.6. The van der Waals surface area contributed by atoms with E-state index in [2.05, 4.69) is 5.32 Å². The average Bonchev–Trinajstić information content (AvgIpc) is 2.45. The number of carboxylic acid groups (broad SMARTS) is 1. The van der Waals surface area contributed by atoms with Crippen LogP contribution in [0.4, 0.5) is 0 Å². The average molecular weight is 295 g/mol. The zero-order valence-corrected chi connectivity index (χ0v) is 12.9. The molecule has 1 aromatic carbocycles. The number of carboxylic acids is 1. The number of carbonyl (C=O) groups is 2. The summed E-state index contributed by atoms with van der Waals surface area (Å²) in [6, 6.07) is 7.37. The van der Waals surface area contributed by atoms with Crippen molar-refractivity contribution in [3.05, 3.63) is 35.4 Å². The first-order valence-electron chi connectivity index (χ1n) is 6.52. The molecule has 1 amide bonds. The molecule has 110 valence electrons. The second-order valence-corrected chi connectivity index (χ2v) is 5.90. The lowest BCUT2D eigenvalue weighted by molar-refractivity contribution is -0.147. The van der Waals surface area contributed by atoms with Gasteiger partial charge in [0.2, 0.25) is 0 Å². The molecular weight excluding hydrogens is 274 g/mol. The van der Waals surface area contributed by atoms with Gasteiger partial charge in [-0.1, -0.05) is 19.1 Å². The minimum atomic E-state index is -0.922. The van der Waals surface area contributed by atoms with Crippen LogP contribution in [0.3, 0.4) is 0 Å². The van der Waals surface area contributed by atoms with Gasteiger partial charge in [0.05, 0.1) is 5.41 Å². The van der Waals surface area contributed by atoms with Crippen LogP contribution in [0.15, 0.2) is 24.3 Å². The second-order valence-electron chi connectivity index (χ2n) is 5.03. The second kappa shape index (κ2) is 7.33. The molecule has 1 atom stereocenters. The van der Waals surface area contributed by atoms with Crippen molar-refractivity contribution in [2.24, 2.45) is 5.41 Å². The van der Waals surface area contributed by atoms with Gasteiger partial charge in [0.1, 0.15) is 0 Å². The number of nitrogens with one attached hydrogen (secondary N) is 1. The van der Waals surface area contributed by atoms with E-state index >= 15 is 0 Å². The topological polar surface area (TPSA) is 66.4 Å². The summed E-state index contributed by atoms with van der Waals surface area (Å²) in [5.74, 6) is -0.216. The molecule has 1 aromatic rings. The molecule has 0 aliphatic heterocycles. The molecule has 0 saturated carbocycles. The van der Waals surface area contributed by atoms with Gasteiger partial charge in [-0.05, 0) is 37.3 Å². The van der Waals surface area contributed by atoms with Crippen LogP contribution in [-0.4, -0.2) is 29.8 Å². The van der Waals surface area contributed by atoms with Crippen LogP contribution in [0, 0.1) is 5.41 Å². The van der Waals surface area contributed by atoms with Gasteiger partial charge in [0.25, 0.3) is 5.91 Å². The lowest BCUT2D eigenvalue weighted by atomic mass is 9.87. The van der Waals surface area contributed by atoms with Crippen LogP contribution in [-0.2, 0) is 10.5 Å². The Bertz CT molecular complexity index is 473. The third-order valence-electron chi connectivity index (χ3n) is 3.46. The molecule has 0 radical (unpaired) electrons. The van der Waals surface area contributed by atoms with Crippen molar-refractivity contribution in [3.8, 4) is 0 Å². The molecular formula is C15H21NO3S. The molecule has 0 bridgehead atoms. The Hall–Kier alpha value is -1.49. The van der Waals surface area contributed by atoms with Crippen molar-refractivity contribution in [3.63, 3.8) is 0 Å². The fourth-order valence-electron chi connectivity index (χ4n) is 1.65. The first-order valence-corrected chi connectivity index (χ1v) is 7.92. The van der Waals surface area contributed by atoms with E-state index in [9.17, 15) is 9.59 Å². The Morgan fingerprint density at radius 2 is 1.90 bits per heavy atom. The molecule has 0 heterocycles. The van der Waals surface area contributed by atoms with E-state index in [1.165, 1.54) is 0 Å². The van der Waals surface area contributed by atoms with Crippen LogP contribution in [0.1, 0.15) is 36.2 Å². The quantitative estimate of drug-likeness (QED) is 0.811. The predicted octanol–water partition coefficient (Wildman–Crippen LogP) is 2.78. The Morgan fingerprint density at radius 1 is 1.30 bits per heavy atom. The fraction of sp³-hybridized carbons (Fsp3) is 0.467. The predicted molar refractivity (Wildman–Crippen MR) is 82.0 cm³/mol. The number of aliphatic carboxylic acids is 1. The van der Waals surface area contributed by atoms with E-state index in [0.717, 1.165) is 11.3 Å². The van der Waals surface area contributed by atoms with Crippen LogP contribution in [0.2, 0.25) is 0 Å². The number of thioether (sulfide) groups is 1. The van der Waals surface area contributed by atoms with Gasteiger partial charge in [0.15, 0.2) is 0 Å². The van der Waals surface area contributed by atoms with Gasteiger partial charge in [-0.3, -0.25) is 9.59 Å². The van der Waals surface area contributed by atoms with Crippen molar-refractivity contribution in [1.82, 2.24) is 5.32 Å². The summed E-state index contributed by atoms with van der Waals surface area (Å²) in [6.07, 6.45) is 2.49. The van der Waals surface area contributed by atoms with E-state index < -0.39 is 11.4 Å². The van der Waals surface area contributed by atoms with E-state index in [1.807, 2.05) is 18.4 Å². The molecule has 0 aliphatic rings. The number of hydrogen-bond acceptors (Lipinski definition) is 3. The van der Waals surface area contributed by atoms with Gasteiger partial charge < -0.3 is 10.4 Å².